The van der Waals surface area contributed by atoms with Crippen LogP contribution in [0.1, 0.15) is 27.7 Å². The molecule has 106 valence electrons. The first kappa shape index (κ1) is 14.4. The fraction of sp³-hybridized carbons (Fsp3) is 0.353. The van der Waals surface area contributed by atoms with E-state index in [1.54, 1.807) is 0 Å². The van der Waals surface area contributed by atoms with E-state index >= 15 is 0 Å². The zero-order valence-corrected chi connectivity index (χ0v) is 12.6. The molecule has 0 saturated heterocycles. The molecule has 20 heavy (non-hydrogen) atoms. The van der Waals surface area contributed by atoms with Gasteiger partial charge in [0.15, 0.2) is 0 Å². The van der Waals surface area contributed by atoms with Gasteiger partial charge in [0.2, 0.25) is 0 Å². The minimum absolute atomic E-state index is 0.0589. The normalized spacial score (nSPS) is 11.4. The molecule has 0 radical (unpaired) electrons. The fourth-order valence-electron chi connectivity index (χ4n) is 2.44. The number of carbonyl (C=O) groups is 1. The van der Waals surface area contributed by atoms with Crippen LogP contribution in [0.5, 0.6) is 0 Å². The van der Waals surface area contributed by atoms with Crippen LogP contribution in [0.15, 0.2) is 42.5 Å². The number of nitrogens with zero attached hydrogens (tertiary/aromatic N) is 1. The van der Waals surface area contributed by atoms with E-state index in [2.05, 4.69) is 5.32 Å². The minimum atomic E-state index is -0.191. The van der Waals surface area contributed by atoms with Gasteiger partial charge < -0.3 is 10.2 Å². The molecular weight excluding hydrogens is 248 g/mol. The third-order valence-corrected chi connectivity index (χ3v) is 3.40. The summed E-state index contributed by atoms with van der Waals surface area (Å²) in [7, 11) is 0. The predicted molar refractivity (Wildman–Crippen MR) is 85.1 cm³/mol. The third-order valence-electron chi connectivity index (χ3n) is 3.40. The molecule has 0 heterocycles. The van der Waals surface area contributed by atoms with E-state index < -0.39 is 0 Å². The van der Waals surface area contributed by atoms with E-state index in [1.807, 2.05) is 75.1 Å². The molecule has 2 aromatic rings. The molecular formula is C17H22N2O. The van der Waals surface area contributed by atoms with Gasteiger partial charge in [0.1, 0.15) is 0 Å². The average molecular weight is 270 g/mol. The van der Waals surface area contributed by atoms with Crippen molar-refractivity contribution in [2.24, 2.45) is 0 Å². The zero-order valence-electron chi connectivity index (χ0n) is 12.6. The largest absolute Gasteiger partial charge is 0.322 e. The number of carbonyl (C=O) groups excluding carboxylic acids is 1. The Labute approximate surface area is 120 Å². The van der Waals surface area contributed by atoms with Crippen molar-refractivity contribution in [2.75, 3.05) is 11.9 Å². The molecule has 0 aliphatic rings. The number of benzene rings is 2. The van der Waals surface area contributed by atoms with Crippen LogP contribution in [0, 0.1) is 0 Å². The lowest BCUT2D eigenvalue weighted by Crippen LogP contribution is -2.47. The maximum atomic E-state index is 12.4. The topological polar surface area (TPSA) is 32.3 Å². The minimum Gasteiger partial charge on any atom is -0.320 e. The van der Waals surface area contributed by atoms with Crippen molar-refractivity contribution in [2.45, 2.75) is 33.2 Å². The van der Waals surface area contributed by atoms with E-state index in [9.17, 15) is 4.79 Å². The number of amides is 2. The van der Waals surface area contributed by atoms with Gasteiger partial charge in [-0.2, -0.15) is 0 Å². The summed E-state index contributed by atoms with van der Waals surface area (Å²) in [4.78, 5) is 14.3. The average Bonchev–Trinajstić information content (AvgIpc) is 2.38. The van der Waals surface area contributed by atoms with Crippen LogP contribution >= 0.6 is 0 Å². The summed E-state index contributed by atoms with van der Waals surface area (Å²) in [5.41, 5.74) is 0.666. The highest BCUT2D eigenvalue weighted by Crippen LogP contribution is 2.24. The molecule has 0 aromatic heterocycles. The number of rotatable bonds is 2. The molecule has 2 amide bonds. The van der Waals surface area contributed by atoms with Crippen LogP contribution in [-0.4, -0.2) is 23.0 Å². The van der Waals surface area contributed by atoms with Crippen LogP contribution in [-0.2, 0) is 0 Å². The standard InChI is InChI=1S/C17H22N2O/c1-5-19(17(2,3)4)16(20)18-15-12-8-10-13-9-6-7-11-14(13)15/h6-12H,5H2,1-4H3,(H,18,20). The Morgan fingerprint density at radius 2 is 1.75 bits per heavy atom. The molecule has 2 aromatic carbocycles. The molecule has 0 bridgehead atoms. The first-order valence-corrected chi connectivity index (χ1v) is 7.00. The van der Waals surface area contributed by atoms with Gasteiger partial charge >= 0.3 is 6.03 Å². The highest BCUT2D eigenvalue weighted by Gasteiger charge is 2.24. The monoisotopic (exact) mass is 270 g/mol. The van der Waals surface area contributed by atoms with Crippen molar-refractivity contribution in [1.82, 2.24) is 4.90 Å². The fourth-order valence-corrected chi connectivity index (χ4v) is 2.44. The number of urea groups is 1. The van der Waals surface area contributed by atoms with Crippen molar-refractivity contribution < 1.29 is 4.79 Å². The lowest BCUT2D eigenvalue weighted by molar-refractivity contribution is 0.162. The van der Waals surface area contributed by atoms with Gasteiger partial charge in [0, 0.05) is 17.5 Å². The first-order valence-electron chi connectivity index (χ1n) is 7.00. The second-order valence-electron chi connectivity index (χ2n) is 5.87. The van der Waals surface area contributed by atoms with Crippen molar-refractivity contribution in [1.29, 1.82) is 0 Å². The maximum Gasteiger partial charge on any atom is 0.322 e. The van der Waals surface area contributed by atoms with Crippen LogP contribution < -0.4 is 5.32 Å². The van der Waals surface area contributed by atoms with Gasteiger partial charge in [0.25, 0.3) is 0 Å². The van der Waals surface area contributed by atoms with Crippen LogP contribution in [0.3, 0.4) is 0 Å². The highest BCUT2D eigenvalue weighted by molar-refractivity contribution is 6.01. The highest BCUT2D eigenvalue weighted by atomic mass is 16.2. The predicted octanol–water partition coefficient (Wildman–Crippen LogP) is 4.49. The Morgan fingerprint density at radius 1 is 1.10 bits per heavy atom. The van der Waals surface area contributed by atoms with E-state index in [4.69, 9.17) is 0 Å². The van der Waals surface area contributed by atoms with Crippen molar-refractivity contribution >= 4 is 22.5 Å². The molecule has 1 N–H and O–H groups in total. The van der Waals surface area contributed by atoms with Gasteiger partial charge in [-0.05, 0) is 39.1 Å². The Balaban J connectivity index is 2.30. The van der Waals surface area contributed by atoms with E-state index in [1.165, 1.54) is 0 Å². The summed E-state index contributed by atoms with van der Waals surface area (Å²) in [6.07, 6.45) is 0. The Bertz CT molecular complexity index is 608. The molecule has 0 saturated carbocycles. The molecule has 0 spiro atoms. The van der Waals surface area contributed by atoms with Crippen LogP contribution in [0.4, 0.5) is 10.5 Å². The number of anilines is 1. The summed E-state index contributed by atoms with van der Waals surface area (Å²) in [6.45, 7) is 8.80. The molecule has 0 aliphatic carbocycles. The number of hydrogen-bond donors (Lipinski definition) is 1. The molecule has 3 nitrogen and oxygen atoms in total. The summed E-state index contributed by atoms with van der Waals surface area (Å²) in [5.74, 6) is 0. The lowest BCUT2D eigenvalue weighted by atomic mass is 10.1. The van der Waals surface area contributed by atoms with Gasteiger partial charge in [-0.25, -0.2) is 4.79 Å². The van der Waals surface area contributed by atoms with Crippen molar-refractivity contribution in [3.05, 3.63) is 42.5 Å². The third kappa shape index (κ3) is 2.93. The number of fused-ring (bicyclic) bond motifs is 1. The Morgan fingerprint density at radius 3 is 2.40 bits per heavy atom. The molecule has 3 heteroatoms. The summed E-state index contributed by atoms with van der Waals surface area (Å²) >= 11 is 0. The smallest absolute Gasteiger partial charge is 0.320 e. The van der Waals surface area contributed by atoms with Crippen LogP contribution in [0.25, 0.3) is 10.8 Å². The Hall–Kier alpha value is -2.03. The van der Waals surface area contributed by atoms with Gasteiger partial charge in [-0.3, -0.25) is 0 Å². The summed E-state index contributed by atoms with van der Waals surface area (Å²) in [6, 6.07) is 14.0. The summed E-state index contributed by atoms with van der Waals surface area (Å²) < 4.78 is 0. The zero-order chi connectivity index (χ0) is 14.8. The SMILES string of the molecule is CCN(C(=O)Nc1cccc2ccccc12)C(C)(C)C. The molecule has 0 atom stereocenters. The molecule has 0 unspecified atom stereocenters. The molecule has 0 fully saturated rings. The quantitative estimate of drug-likeness (QED) is 0.856. The first-order chi connectivity index (χ1) is 9.43. The molecule has 2 rings (SSSR count). The van der Waals surface area contributed by atoms with Gasteiger partial charge in [-0.15, -0.1) is 0 Å². The molecule has 0 aliphatic heterocycles. The second-order valence-corrected chi connectivity index (χ2v) is 5.87. The lowest BCUT2D eigenvalue weighted by Gasteiger charge is -2.34. The van der Waals surface area contributed by atoms with Crippen LogP contribution in [0.2, 0.25) is 0 Å². The van der Waals surface area contributed by atoms with E-state index in [0.29, 0.717) is 6.54 Å². The Kier molecular flexibility index (Phi) is 3.98. The maximum absolute atomic E-state index is 12.4. The van der Waals surface area contributed by atoms with Crippen molar-refractivity contribution in [3.63, 3.8) is 0 Å². The van der Waals surface area contributed by atoms with Crippen molar-refractivity contribution in [3.8, 4) is 0 Å². The van der Waals surface area contributed by atoms with E-state index in [-0.39, 0.29) is 11.6 Å². The van der Waals surface area contributed by atoms with E-state index in [0.717, 1.165) is 16.5 Å². The number of nitrogens with one attached hydrogen (secondary N) is 1. The second kappa shape index (κ2) is 5.53. The number of hydrogen-bond acceptors (Lipinski definition) is 1. The van der Waals surface area contributed by atoms with Gasteiger partial charge in [-0.1, -0.05) is 36.4 Å². The van der Waals surface area contributed by atoms with Gasteiger partial charge in [0.05, 0.1) is 5.69 Å². The summed E-state index contributed by atoms with van der Waals surface area (Å²) in [5, 5.41) is 5.22.